The Hall–Kier alpha value is -3.68. The largest absolute Gasteiger partial charge is 0.421 e. The van der Waals surface area contributed by atoms with Gasteiger partial charge in [0.25, 0.3) is 5.91 Å². The van der Waals surface area contributed by atoms with Crippen molar-refractivity contribution < 1.29 is 31.9 Å². The van der Waals surface area contributed by atoms with Crippen molar-refractivity contribution in [3.63, 3.8) is 0 Å². The van der Waals surface area contributed by atoms with Gasteiger partial charge in [-0.15, -0.1) is 0 Å². The number of halogens is 4. The first kappa shape index (κ1) is 21.0. The van der Waals surface area contributed by atoms with Crippen molar-refractivity contribution in [3.05, 3.63) is 101 Å². The molecule has 3 aromatic carbocycles. The van der Waals surface area contributed by atoms with Crippen molar-refractivity contribution in [3.8, 4) is 5.75 Å². The lowest BCUT2D eigenvalue weighted by molar-refractivity contribution is -0.138. The Morgan fingerprint density at radius 2 is 1.53 bits per heavy atom. The van der Waals surface area contributed by atoms with E-state index in [9.17, 15) is 27.2 Å². The highest BCUT2D eigenvalue weighted by Gasteiger charge is 2.37. The molecule has 0 unspecified atom stereocenters. The van der Waals surface area contributed by atoms with Gasteiger partial charge >= 0.3 is 12.1 Å². The van der Waals surface area contributed by atoms with Gasteiger partial charge in [-0.1, -0.05) is 36.4 Å². The SMILES string of the molecule is O=C(Oc1c(C(=O)NCc2ccccc2)cccc1C(F)(F)F)c1ccc(F)cc1. The number of esters is 1. The monoisotopic (exact) mass is 417 g/mol. The lowest BCUT2D eigenvalue weighted by Gasteiger charge is -2.16. The van der Waals surface area contributed by atoms with Crippen LogP contribution in [0.1, 0.15) is 31.8 Å². The highest BCUT2D eigenvalue weighted by atomic mass is 19.4. The van der Waals surface area contributed by atoms with E-state index in [2.05, 4.69) is 5.32 Å². The fourth-order valence-electron chi connectivity index (χ4n) is 2.66. The number of ether oxygens (including phenoxy) is 1. The summed E-state index contributed by atoms with van der Waals surface area (Å²) in [5.41, 5.74) is -1.15. The number of alkyl halides is 3. The third-order valence-electron chi connectivity index (χ3n) is 4.14. The molecule has 0 bridgehead atoms. The molecular formula is C22H15F4NO3. The van der Waals surface area contributed by atoms with E-state index in [4.69, 9.17) is 4.74 Å². The molecule has 0 atom stereocenters. The Kier molecular flexibility index (Phi) is 6.15. The number of hydrogen-bond donors (Lipinski definition) is 1. The lowest BCUT2D eigenvalue weighted by atomic mass is 10.1. The summed E-state index contributed by atoms with van der Waals surface area (Å²) in [6.07, 6.45) is -4.87. The van der Waals surface area contributed by atoms with Crippen LogP contribution < -0.4 is 10.1 Å². The Morgan fingerprint density at radius 3 is 2.17 bits per heavy atom. The van der Waals surface area contributed by atoms with Gasteiger partial charge in [0.2, 0.25) is 0 Å². The van der Waals surface area contributed by atoms with Gasteiger partial charge in [-0.3, -0.25) is 4.79 Å². The molecule has 4 nitrogen and oxygen atoms in total. The molecule has 0 aromatic heterocycles. The predicted molar refractivity (Wildman–Crippen MR) is 100 cm³/mol. The molecule has 0 saturated heterocycles. The molecule has 0 aliphatic rings. The van der Waals surface area contributed by atoms with Crippen molar-refractivity contribution in [1.29, 1.82) is 0 Å². The number of amides is 1. The van der Waals surface area contributed by atoms with Gasteiger partial charge in [0, 0.05) is 6.54 Å². The summed E-state index contributed by atoms with van der Waals surface area (Å²) in [7, 11) is 0. The first-order valence-electron chi connectivity index (χ1n) is 8.76. The van der Waals surface area contributed by atoms with E-state index in [1.54, 1.807) is 30.3 Å². The van der Waals surface area contributed by atoms with Crippen molar-refractivity contribution in [2.75, 3.05) is 0 Å². The minimum atomic E-state index is -4.87. The summed E-state index contributed by atoms with van der Waals surface area (Å²) in [5.74, 6) is -3.52. The van der Waals surface area contributed by atoms with Crippen LogP contribution in [-0.2, 0) is 12.7 Å². The first-order valence-corrected chi connectivity index (χ1v) is 8.76. The molecule has 0 radical (unpaired) electrons. The summed E-state index contributed by atoms with van der Waals surface area (Å²) < 4.78 is 58.4. The number of hydrogen-bond acceptors (Lipinski definition) is 3. The molecule has 0 saturated carbocycles. The zero-order chi connectivity index (χ0) is 21.7. The van der Waals surface area contributed by atoms with Gasteiger partial charge in [-0.25, -0.2) is 9.18 Å². The van der Waals surface area contributed by atoms with Gasteiger partial charge in [-0.2, -0.15) is 13.2 Å². The highest BCUT2D eigenvalue weighted by molar-refractivity contribution is 5.99. The van der Waals surface area contributed by atoms with Crippen LogP contribution in [0.4, 0.5) is 17.6 Å². The Bertz CT molecular complexity index is 1050. The zero-order valence-corrected chi connectivity index (χ0v) is 15.4. The first-order chi connectivity index (χ1) is 14.3. The maximum Gasteiger partial charge on any atom is 0.420 e. The summed E-state index contributed by atoms with van der Waals surface area (Å²) in [5, 5.41) is 2.51. The Balaban J connectivity index is 1.91. The van der Waals surface area contributed by atoms with Gasteiger partial charge in [-0.05, 0) is 42.0 Å². The summed E-state index contributed by atoms with van der Waals surface area (Å²) in [4.78, 5) is 24.9. The van der Waals surface area contributed by atoms with Gasteiger partial charge < -0.3 is 10.1 Å². The smallest absolute Gasteiger partial charge is 0.420 e. The average Bonchev–Trinajstić information content (AvgIpc) is 2.72. The van der Waals surface area contributed by atoms with E-state index < -0.39 is 40.7 Å². The summed E-state index contributed by atoms with van der Waals surface area (Å²) >= 11 is 0. The molecule has 0 heterocycles. The second-order valence-corrected chi connectivity index (χ2v) is 6.24. The number of carbonyl (C=O) groups is 2. The van der Waals surface area contributed by atoms with Crippen molar-refractivity contribution in [2.24, 2.45) is 0 Å². The molecule has 3 aromatic rings. The topological polar surface area (TPSA) is 55.4 Å². The fourth-order valence-corrected chi connectivity index (χ4v) is 2.66. The molecule has 1 amide bonds. The van der Waals surface area contributed by atoms with Crippen LogP contribution in [0.5, 0.6) is 5.75 Å². The lowest BCUT2D eigenvalue weighted by Crippen LogP contribution is -2.25. The van der Waals surface area contributed by atoms with Crippen LogP contribution in [-0.4, -0.2) is 11.9 Å². The van der Waals surface area contributed by atoms with E-state index in [1.807, 2.05) is 0 Å². The van der Waals surface area contributed by atoms with Gasteiger partial charge in [0.05, 0.1) is 16.7 Å². The molecule has 3 rings (SSSR count). The normalized spacial score (nSPS) is 11.1. The highest BCUT2D eigenvalue weighted by Crippen LogP contribution is 2.38. The average molecular weight is 417 g/mol. The van der Waals surface area contributed by atoms with Crippen LogP contribution in [0.2, 0.25) is 0 Å². The molecule has 1 N–H and O–H groups in total. The molecular weight excluding hydrogens is 402 g/mol. The quantitative estimate of drug-likeness (QED) is 0.361. The van der Waals surface area contributed by atoms with E-state index in [-0.39, 0.29) is 12.1 Å². The maximum atomic E-state index is 13.5. The minimum absolute atomic E-state index is 0.0707. The molecule has 8 heteroatoms. The van der Waals surface area contributed by atoms with Gasteiger partial charge in [0.1, 0.15) is 5.82 Å². The third-order valence-corrected chi connectivity index (χ3v) is 4.14. The van der Waals surface area contributed by atoms with Gasteiger partial charge in [0.15, 0.2) is 5.75 Å². The standard InChI is InChI=1S/C22H15F4NO3/c23-16-11-9-15(10-12-16)21(29)30-19-17(7-4-8-18(19)22(24,25)26)20(28)27-13-14-5-2-1-3-6-14/h1-12H,13H2,(H,27,28). The fraction of sp³-hybridized carbons (Fsp3) is 0.0909. The number of para-hydroxylation sites is 1. The van der Waals surface area contributed by atoms with E-state index >= 15 is 0 Å². The second-order valence-electron chi connectivity index (χ2n) is 6.24. The molecule has 154 valence electrons. The second kappa shape index (κ2) is 8.77. The minimum Gasteiger partial charge on any atom is -0.421 e. The van der Waals surface area contributed by atoms with Crippen molar-refractivity contribution in [2.45, 2.75) is 12.7 Å². The summed E-state index contributed by atoms with van der Waals surface area (Å²) in [6.45, 7) is 0.0707. The number of carbonyl (C=O) groups excluding carboxylic acids is 2. The van der Waals surface area contributed by atoms with Crippen LogP contribution >= 0.6 is 0 Å². The molecule has 0 fully saturated rings. The van der Waals surface area contributed by atoms with Crippen LogP contribution in [0.3, 0.4) is 0 Å². The molecule has 0 aliphatic carbocycles. The van der Waals surface area contributed by atoms with Crippen LogP contribution in [0, 0.1) is 5.82 Å². The Morgan fingerprint density at radius 1 is 0.867 bits per heavy atom. The van der Waals surface area contributed by atoms with Crippen LogP contribution in [0.15, 0.2) is 72.8 Å². The van der Waals surface area contributed by atoms with E-state index in [0.717, 1.165) is 42.0 Å². The Labute approximate surface area is 169 Å². The van der Waals surface area contributed by atoms with Crippen molar-refractivity contribution in [1.82, 2.24) is 5.32 Å². The zero-order valence-electron chi connectivity index (χ0n) is 15.4. The summed E-state index contributed by atoms with van der Waals surface area (Å²) in [6, 6.07) is 15.7. The van der Waals surface area contributed by atoms with Crippen molar-refractivity contribution >= 4 is 11.9 Å². The number of rotatable bonds is 5. The number of nitrogens with one attached hydrogen (secondary N) is 1. The predicted octanol–water partition coefficient (Wildman–Crippen LogP) is 4.99. The maximum absolute atomic E-state index is 13.5. The molecule has 0 aliphatic heterocycles. The molecule has 30 heavy (non-hydrogen) atoms. The van der Waals surface area contributed by atoms with E-state index in [0.29, 0.717) is 6.07 Å². The van der Waals surface area contributed by atoms with E-state index in [1.165, 1.54) is 0 Å². The number of benzene rings is 3. The molecule has 0 spiro atoms. The third kappa shape index (κ3) is 5.02. The van der Waals surface area contributed by atoms with Crippen LogP contribution in [0.25, 0.3) is 0 Å².